The van der Waals surface area contributed by atoms with Crippen LogP contribution in [-0.4, -0.2) is 38.9 Å². The zero-order valence-corrected chi connectivity index (χ0v) is 14.1. The topological polar surface area (TPSA) is 95.6 Å². The number of carbonyl (C=O) groups excluding carboxylic acids is 1. The zero-order chi connectivity index (χ0) is 17.8. The standard InChI is InChI=1S/C19H18N6O/c26-18(11-21-19-13-5-1-2-6-14(13)22-12-23-19)20-10-9-17-24-15-7-3-4-8-16(15)25-17/h1-8,12H,9-11H2,(H,20,26)(H,24,25)(H,21,22,23). The molecule has 0 saturated carbocycles. The number of aromatic nitrogens is 4. The molecule has 3 N–H and O–H groups in total. The maximum atomic E-state index is 12.1. The van der Waals surface area contributed by atoms with Crippen LogP contribution in [0.3, 0.4) is 0 Å². The lowest BCUT2D eigenvalue weighted by molar-refractivity contribution is -0.119. The second-order valence-corrected chi connectivity index (χ2v) is 5.89. The molecule has 0 spiro atoms. The normalized spacial score (nSPS) is 10.9. The van der Waals surface area contributed by atoms with Gasteiger partial charge in [0.15, 0.2) is 0 Å². The Morgan fingerprint density at radius 2 is 1.81 bits per heavy atom. The highest BCUT2D eigenvalue weighted by molar-refractivity contribution is 5.90. The second-order valence-electron chi connectivity index (χ2n) is 5.89. The van der Waals surface area contributed by atoms with Crippen molar-refractivity contribution in [3.63, 3.8) is 0 Å². The van der Waals surface area contributed by atoms with Crippen LogP contribution >= 0.6 is 0 Å². The number of benzene rings is 2. The van der Waals surface area contributed by atoms with Gasteiger partial charge in [-0.25, -0.2) is 15.0 Å². The summed E-state index contributed by atoms with van der Waals surface area (Å²) in [4.78, 5) is 28.2. The van der Waals surface area contributed by atoms with Crippen LogP contribution in [0.4, 0.5) is 5.82 Å². The molecule has 0 bridgehead atoms. The van der Waals surface area contributed by atoms with Gasteiger partial charge in [0.1, 0.15) is 18.0 Å². The lowest BCUT2D eigenvalue weighted by atomic mass is 10.2. The van der Waals surface area contributed by atoms with E-state index in [0.29, 0.717) is 18.8 Å². The zero-order valence-electron chi connectivity index (χ0n) is 14.1. The summed E-state index contributed by atoms with van der Waals surface area (Å²) in [6, 6.07) is 15.6. The first-order valence-electron chi connectivity index (χ1n) is 8.43. The molecule has 0 radical (unpaired) electrons. The van der Waals surface area contributed by atoms with Crippen molar-refractivity contribution in [1.82, 2.24) is 25.3 Å². The van der Waals surface area contributed by atoms with E-state index in [9.17, 15) is 4.79 Å². The molecule has 0 aliphatic rings. The van der Waals surface area contributed by atoms with E-state index >= 15 is 0 Å². The lowest BCUT2D eigenvalue weighted by Crippen LogP contribution is -2.31. The summed E-state index contributed by atoms with van der Waals surface area (Å²) in [5.74, 6) is 1.42. The van der Waals surface area contributed by atoms with Crippen molar-refractivity contribution in [3.05, 3.63) is 60.7 Å². The molecule has 4 rings (SSSR count). The van der Waals surface area contributed by atoms with Gasteiger partial charge >= 0.3 is 0 Å². The van der Waals surface area contributed by atoms with E-state index in [-0.39, 0.29) is 12.5 Å². The summed E-state index contributed by atoms with van der Waals surface area (Å²) in [6.45, 7) is 0.673. The Bertz CT molecular complexity index is 1020. The Morgan fingerprint density at radius 3 is 2.69 bits per heavy atom. The number of imidazole rings is 1. The maximum Gasteiger partial charge on any atom is 0.239 e. The number of rotatable bonds is 6. The molecule has 0 aliphatic carbocycles. The summed E-state index contributed by atoms with van der Waals surface area (Å²) in [7, 11) is 0. The summed E-state index contributed by atoms with van der Waals surface area (Å²) in [6.07, 6.45) is 2.14. The van der Waals surface area contributed by atoms with E-state index in [4.69, 9.17) is 0 Å². The molecular formula is C19H18N6O. The average Bonchev–Trinajstić information content (AvgIpc) is 3.09. The van der Waals surface area contributed by atoms with Crippen LogP contribution < -0.4 is 10.6 Å². The van der Waals surface area contributed by atoms with Crippen LogP contribution in [0.1, 0.15) is 5.82 Å². The molecule has 130 valence electrons. The van der Waals surface area contributed by atoms with Crippen molar-refractivity contribution in [3.8, 4) is 0 Å². The highest BCUT2D eigenvalue weighted by atomic mass is 16.1. The third kappa shape index (κ3) is 3.46. The number of hydrogen-bond acceptors (Lipinski definition) is 5. The fourth-order valence-electron chi connectivity index (χ4n) is 2.82. The fraction of sp³-hybridized carbons (Fsp3) is 0.158. The number of fused-ring (bicyclic) bond motifs is 2. The van der Waals surface area contributed by atoms with E-state index < -0.39 is 0 Å². The van der Waals surface area contributed by atoms with E-state index in [2.05, 4.69) is 30.6 Å². The number of nitrogens with one attached hydrogen (secondary N) is 3. The third-order valence-corrected chi connectivity index (χ3v) is 4.08. The maximum absolute atomic E-state index is 12.1. The molecule has 0 saturated heterocycles. The van der Waals surface area contributed by atoms with Gasteiger partial charge in [0.2, 0.25) is 5.91 Å². The minimum absolute atomic E-state index is 0.0937. The SMILES string of the molecule is O=C(CNc1ncnc2ccccc12)NCCc1nc2ccccc2[nH]1. The van der Waals surface area contributed by atoms with E-state index in [1.807, 2.05) is 48.5 Å². The van der Waals surface area contributed by atoms with Crippen molar-refractivity contribution in [1.29, 1.82) is 0 Å². The van der Waals surface area contributed by atoms with Gasteiger partial charge in [-0.1, -0.05) is 24.3 Å². The number of carbonyl (C=O) groups is 1. The molecule has 1 amide bonds. The second kappa shape index (κ2) is 7.18. The van der Waals surface area contributed by atoms with Gasteiger partial charge in [0, 0.05) is 18.4 Å². The van der Waals surface area contributed by atoms with Gasteiger partial charge in [-0.2, -0.15) is 0 Å². The van der Waals surface area contributed by atoms with E-state index in [1.165, 1.54) is 6.33 Å². The average molecular weight is 346 g/mol. The summed E-state index contributed by atoms with van der Waals surface area (Å²) >= 11 is 0. The molecule has 0 atom stereocenters. The van der Waals surface area contributed by atoms with Crippen LogP contribution in [0, 0.1) is 0 Å². The molecule has 26 heavy (non-hydrogen) atoms. The largest absolute Gasteiger partial charge is 0.360 e. The number of para-hydroxylation sites is 3. The number of nitrogens with zero attached hydrogens (tertiary/aromatic N) is 3. The van der Waals surface area contributed by atoms with Gasteiger partial charge in [-0.15, -0.1) is 0 Å². The Labute approximate surface area is 149 Å². The molecular weight excluding hydrogens is 328 g/mol. The summed E-state index contributed by atoms with van der Waals surface area (Å²) < 4.78 is 0. The number of amides is 1. The Kier molecular flexibility index (Phi) is 4.42. The number of anilines is 1. The van der Waals surface area contributed by atoms with Crippen molar-refractivity contribution in [2.24, 2.45) is 0 Å². The quantitative estimate of drug-likeness (QED) is 0.498. The predicted molar refractivity (Wildman–Crippen MR) is 101 cm³/mol. The van der Waals surface area contributed by atoms with Crippen molar-refractivity contribution in [2.75, 3.05) is 18.4 Å². The van der Waals surface area contributed by atoms with Gasteiger partial charge < -0.3 is 15.6 Å². The first-order chi connectivity index (χ1) is 12.8. The Morgan fingerprint density at radius 1 is 1.00 bits per heavy atom. The highest BCUT2D eigenvalue weighted by Crippen LogP contribution is 2.17. The molecule has 7 nitrogen and oxygen atoms in total. The number of aromatic amines is 1. The molecule has 2 heterocycles. The Balaban J connectivity index is 1.30. The van der Waals surface area contributed by atoms with Crippen LogP contribution in [0.25, 0.3) is 21.9 Å². The predicted octanol–water partition coefficient (Wildman–Crippen LogP) is 2.28. The first kappa shape index (κ1) is 16.0. The van der Waals surface area contributed by atoms with Crippen LogP contribution in [0.15, 0.2) is 54.9 Å². The summed E-state index contributed by atoms with van der Waals surface area (Å²) in [5.41, 5.74) is 2.78. The minimum atomic E-state index is -0.0937. The molecule has 2 aromatic carbocycles. The first-order valence-corrected chi connectivity index (χ1v) is 8.43. The molecule has 0 unspecified atom stereocenters. The highest BCUT2D eigenvalue weighted by Gasteiger charge is 2.06. The number of hydrogen-bond donors (Lipinski definition) is 3. The number of H-pyrrole nitrogens is 1. The summed E-state index contributed by atoms with van der Waals surface area (Å²) in [5, 5.41) is 6.85. The van der Waals surface area contributed by atoms with Gasteiger partial charge in [0.25, 0.3) is 0 Å². The Hall–Kier alpha value is -3.48. The van der Waals surface area contributed by atoms with E-state index in [1.54, 1.807) is 0 Å². The smallest absolute Gasteiger partial charge is 0.239 e. The lowest BCUT2D eigenvalue weighted by Gasteiger charge is -2.08. The van der Waals surface area contributed by atoms with Gasteiger partial charge in [-0.3, -0.25) is 4.79 Å². The fourth-order valence-corrected chi connectivity index (χ4v) is 2.82. The van der Waals surface area contributed by atoms with Gasteiger partial charge in [0.05, 0.1) is 23.1 Å². The molecule has 0 fully saturated rings. The van der Waals surface area contributed by atoms with E-state index in [0.717, 1.165) is 27.8 Å². The van der Waals surface area contributed by atoms with Gasteiger partial charge in [-0.05, 0) is 24.3 Å². The van der Waals surface area contributed by atoms with Crippen molar-refractivity contribution >= 4 is 33.7 Å². The van der Waals surface area contributed by atoms with Crippen LogP contribution in [-0.2, 0) is 11.2 Å². The van der Waals surface area contributed by atoms with Crippen molar-refractivity contribution < 1.29 is 4.79 Å². The molecule has 2 aromatic heterocycles. The van der Waals surface area contributed by atoms with Crippen molar-refractivity contribution in [2.45, 2.75) is 6.42 Å². The third-order valence-electron chi connectivity index (χ3n) is 4.08. The monoisotopic (exact) mass is 346 g/mol. The molecule has 0 aliphatic heterocycles. The minimum Gasteiger partial charge on any atom is -0.360 e. The molecule has 4 aromatic rings. The van der Waals surface area contributed by atoms with Crippen LogP contribution in [0.5, 0.6) is 0 Å². The molecule has 7 heteroatoms. The van der Waals surface area contributed by atoms with Crippen LogP contribution in [0.2, 0.25) is 0 Å².